The minimum atomic E-state index is -0.375. The number of nitrogens with zero attached hydrogens (tertiary/aromatic N) is 2. The Bertz CT molecular complexity index is 865. The predicted molar refractivity (Wildman–Crippen MR) is 111 cm³/mol. The fourth-order valence-corrected chi connectivity index (χ4v) is 2.69. The second-order valence-corrected chi connectivity index (χ2v) is 6.66. The first-order valence-electron chi connectivity index (χ1n) is 9.22. The van der Waals surface area contributed by atoms with Crippen LogP contribution in [0.5, 0.6) is 5.88 Å². The molecule has 2 aromatic carbocycles. The number of rotatable bonds is 5. The number of aliphatic hydroxyl groups excluding tert-OH is 2. The first-order chi connectivity index (χ1) is 13.4. The number of benzene rings is 2. The van der Waals surface area contributed by atoms with Crippen molar-refractivity contribution in [2.24, 2.45) is 0 Å². The minimum absolute atomic E-state index is 0. The standard InChI is InChI=1S/C18H15N2O.C5H12O2.Ir/c1-13-12-19-17(18(20-13)21-2)16-10-6-9-15(11-16)14-7-4-3-5-8-14;1-4(6)3-5(2)7;/h3-9,11-12H,1-2H3;4-7H,3H2,1-2H3;/q-1;;. The summed E-state index contributed by atoms with van der Waals surface area (Å²) in [5, 5.41) is 17.1. The molecule has 1 heterocycles. The summed E-state index contributed by atoms with van der Waals surface area (Å²) in [6.45, 7) is 5.21. The van der Waals surface area contributed by atoms with Crippen LogP contribution in [0.25, 0.3) is 22.4 Å². The molecule has 0 aliphatic heterocycles. The first kappa shape index (κ1) is 24.9. The van der Waals surface area contributed by atoms with Crippen molar-refractivity contribution in [2.75, 3.05) is 7.11 Å². The van der Waals surface area contributed by atoms with Gasteiger partial charge in [-0.1, -0.05) is 30.3 Å². The van der Waals surface area contributed by atoms with Crippen molar-refractivity contribution in [2.45, 2.75) is 39.4 Å². The maximum absolute atomic E-state index is 8.56. The molecule has 1 radical (unpaired) electrons. The van der Waals surface area contributed by atoms with Crippen LogP contribution in [0.4, 0.5) is 0 Å². The molecular formula is C23H27IrN2O3-. The van der Waals surface area contributed by atoms with Crippen LogP contribution in [0.3, 0.4) is 0 Å². The summed E-state index contributed by atoms with van der Waals surface area (Å²) in [6, 6.07) is 19.4. The minimum Gasteiger partial charge on any atom is -0.486 e. The number of aryl methyl sites for hydroxylation is 1. The summed E-state index contributed by atoms with van der Waals surface area (Å²) in [5.74, 6) is 0.525. The van der Waals surface area contributed by atoms with Crippen LogP contribution in [0.1, 0.15) is 26.0 Å². The molecule has 0 fully saturated rings. The van der Waals surface area contributed by atoms with E-state index in [1.165, 1.54) is 0 Å². The van der Waals surface area contributed by atoms with Gasteiger partial charge in [0.05, 0.1) is 25.0 Å². The van der Waals surface area contributed by atoms with E-state index >= 15 is 0 Å². The fourth-order valence-electron chi connectivity index (χ4n) is 2.69. The van der Waals surface area contributed by atoms with E-state index in [-0.39, 0.29) is 32.3 Å². The Kier molecular flexibility index (Phi) is 10.7. The number of aliphatic hydroxyl groups is 2. The normalized spacial score (nSPS) is 12.1. The summed E-state index contributed by atoms with van der Waals surface area (Å²) >= 11 is 0. The van der Waals surface area contributed by atoms with Crippen molar-refractivity contribution < 1.29 is 35.1 Å². The molecule has 0 saturated carbocycles. The third-order valence-electron chi connectivity index (χ3n) is 3.90. The SMILES string of the molecule is CC(O)CC(C)O.COc1nc(C)cnc1-c1[c-]ccc(-c2ccccc2)c1.[Ir]. The maximum atomic E-state index is 8.56. The van der Waals surface area contributed by atoms with Crippen LogP contribution in [0, 0.1) is 13.0 Å². The Labute approximate surface area is 186 Å². The van der Waals surface area contributed by atoms with Crippen molar-refractivity contribution in [1.29, 1.82) is 0 Å². The molecule has 29 heavy (non-hydrogen) atoms. The fraction of sp³-hybridized carbons (Fsp3) is 0.304. The summed E-state index contributed by atoms with van der Waals surface area (Å²) in [7, 11) is 1.61. The molecule has 0 saturated heterocycles. The molecule has 157 valence electrons. The smallest absolute Gasteiger partial charge is 0.194 e. The van der Waals surface area contributed by atoms with Gasteiger partial charge in [0.1, 0.15) is 0 Å². The van der Waals surface area contributed by atoms with Gasteiger partial charge in [0.25, 0.3) is 0 Å². The average molecular weight is 572 g/mol. The maximum Gasteiger partial charge on any atom is 0.194 e. The van der Waals surface area contributed by atoms with Gasteiger partial charge in [0.2, 0.25) is 0 Å². The van der Waals surface area contributed by atoms with E-state index in [1.54, 1.807) is 27.2 Å². The zero-order valence-corrected chi connectivity index (χ0v) is 19.5. The summed E-state index contributed by atoms with van der Waals surface area (Å²) in [4.78, 5) is 8.80. The van der Waals surface area contributed by atoms with Crippen molar-refractivity contribution in [3.8, 4) is 28.3 Å². The Morgan fingerprint density at radius 1 is 1.03 bits per heavy atom. The van der Waals surface area contributed by atoms with Gasteiger partial charge in [0.15, 0.2) is 5.88 Å². The predicted octanol–water partition coefficient (Wildman–Crippen LogP) is 4.06. The number of hydrogen-bond acceptors (Lipinski definition) is 5. The average Bonchev–Trinajstić information content (AvgIpc) is 2.68. The van der Waals surface area contributed by atoms with E-state index in [4.69, 9.17) is 14.9 Å². The first-order valence-corrected chi connectivity index (χ1v) is 9.22. The van der Waals surface area contributed by atoms with Gasteiger partial charge >= 0.3 is 0 Å². The van der Waals surface area contributed by atoms with Crippen molar-refractivity contribution in [3.05, 3.63) is 66.5 Å². The molecule has 0 aliphatic rings. The Morgan fingerprint density at radius 3 is 2.24 bits per heavy atom. The van der Waals surface area contributed by atoms with Crippen LogP contribution >= 0.6 is 0 Å². The van der Waals surface area contributed by atoms with Crippen molar-refractivity contribution >= 4 is 0 Å². The van der Waals surface area contributed by atoms with E-state index in [1.807, 2.05) is 37.3 Å². The van der Waals surface area contributed by atoms with Crippen LogP contribution in [0.15, 0.2) is 54.7 Å². The third-order valence-corrected chi connectivity index (χ3v) is 3.90. The summed E-state index contributed by atoms with van der Waals surface area (Å²) in [6.07, 6.45) is 1.46. The third kappa shape index (κ3) is 8.03. The number of hydrogen-bond donors (Lipinski definition) is 2. The van der Waals surface area contributed by atoms with Gasteiger partial charge in [-0.25, -0.2) is 4.98 Å². The van der Waals surface area contributed by atoms with E-state index in [2.05, 4.69) is 34.2 Å². The van der Waals surface area contributed by atoms with Gasteiger partial charge in [-0.3, -0.25) is 4.98 Å². The Hall–Kier alpha value is -2.11. The van der Waals surface area contributed by atoms with Gasteiger partial charge in [-0.15, -0.1) is 35.4 Å². The van der Waals surface area contributed by atoms with Crippen LogP contribution in [-0.2, 0) is 20.1 Å². The van der Waals surface area contributed by atoms with Crippen LogP contribution in [-0.4, -0.2) is 39.5 Å². The molecular weight excluding hydrogens is 544 g/mol. The largest absolute Gasteiger partial charge is 0.486 e. The summed E-state index contributed by atoms with van der Waals surface area (Å²) in [5.41, 5.74) is 4.69. The van der Waals surface area contributed by atoms with E-state index in [9.17, 15) is 0 Å². The molecule has 6 heteroatoms. The molecule has 0 amide bonds. The number of ether oxygens (including phenoxy) is 1. The monoisotopic (exact) mass is 572 g/mol. The van der Waals surface area contributed by atoms with Crippen molar-refractivity contribution in [3.63, 3.8) is 0 Å². The number of aromatic nitrogens is 2. The Balaban J connectivity index is 0.000000456. The molecule has 2 atom stereocenters. The molecule has 0 aliphatic carbocycles. The van der Waals surface area contributed by atoms with Gasteiger partial charge in [-0.2, -0.15) is 0 Å². The summed E-state index contributed by atoms with van der Waals surface area (Å²) < 4.78 is 5.33. The van der Waals surface area contributed by atoms with E-state index in [0.717, 1.165) is 22.4 Å². The van der Waals surface area contributed by atoms with Gasteiger partial charge in [-0.05, 0) is 32.8 Å². The quantitative estimate of drug-likeness (QED) is 0.452. The second-order valence-electron chi connectivity index (χ2n) is 6.66. The zero-order valence-electron chi connectivity index (χ0n) is 17.1. The topological polar surface area (TPSA) is 75.5 Å². The van der Waals surface area contributed by atoms with E-state index in [0.29, 0.717) is 18.0 Å². The molecule has 2 unspecified atom stereocenters. The Morgan fingerprint density at radius 2 is 1.69 bits per heavy atom. The van der Waals surface area contributed by atoms with Crippen molar-refractivity contribution in [1.82, 2.24) is 9.97 Å². The molecule has 5 nitrogen and oxygen atoms in total. The molecule has 1 aromatic heterocycles. The van der Waals surface area contributed by atoms with E-state index < -0.39 is 0 Å². The molecule has 2 N–H and O–H groups in total. The van der Waals surface area contributed by atoms with Gasteiger partial charge in [0, 0.05) is 32.0 Å². The van der Waals surface area contributed by atoms with Crippen LogP contribution < -0.4 is 4.74 Å². The molecule has 3 aromatic rings. The number of methoxy groups -OCH3 is 1. The second kappa shape index (κ2) is 12.5. The molecule has 0 spiro atoms. The van der Waals surface area contributed by atoms with Crippen LogP contribution in [0.2, 0.25) is 0 Å². The molecule has 0 bridgehead atoms. The van der Waals surface area contributed by atoms with Gasteiger partial charge < -0.3 is 14.9 Å². The molecule has 3 rings (SSSR count). The zero-order chi connectivity index (χ0) is 20.5.